The molecule has 0 unspecified atom stereocenters. The summed E-state index contributed by atoms with van der Waals surface area (Å²) in [5.74, 6) is -0.969. The molecule has 2 aliphatic carbocycles. The number of unbranched alkanes of at least 4 members (excludes halogenated alkanes) is 10. The van der Waals surface area contributed by atoms with Crippen molar-refractivity contribution in [3.63, 3.8) is 0 Å². The molecule has 0 aromatic heterocycles. The van der Waals surface area contributed by atoms with Crippen LogP contribution in [0.15, 0.2) is 90.1 Å². The minimum Gasteiger partial charge on any atom is -0.508 e. The van der Waals surface area contributed by atoms with Crippen molar-refractivity contribution in [2.45, 2.75) is 167 Å². The van der Waals surface area contributed by atoms with Gasteiger partial charge in [0.15, 0.2) is 0 Å². The first-order valence-corrected chi connectivity index (χ1v) is 24.3. The third kappa shape index (κ3) is 11.9. The van der Waals surface area contributed by atoms with Crippen LogP contribution in [0.2, 0.25) is 0 Å². The molecule has 3 aromatic rings. The van der Waals surface area contributed by atoms with Crippen LogP contribution >= 0.6 is 0 Å². The van der Waals surface area contributed by atoms with Gasteiger partial charge in [0.1, 0.15) is 23.1 Å². The molecule has 63 heavy (non-hydrogen) atoms. The number of ether oxygens (including phenoxy) is 2. The zero-order valence-electron chi connectivity index (χ0n) is 38.7. The van der Waals surface area contributed by atoms with Gasteiger partial charge in [-0.15, -0.1) is 6.58 Å². The van der Waals surface area contributed by atoms with E-state index in [0.29, 0.717) is 38.0 Å². The van der Waals surface area contributed by atoms with Crippen molar-refractivity contribution in [3.8, 4) is 11.5 Å². The minimum absolute atomic E-state index is 0.0508. The van der Waals surface area contributed by atoms with Gasteiger partial charge in [-0.3, -0.25) is 4.79 Å². The third-order valence-corrected chi connectivity index (χ3v) is 13.5. The molecule has 1 heterocycles. The first kappa shape index (κ1) is 48.3. The quantitative estimate of drug-likeness (QED) is 0.0440. The Morgan fingerprint density at radius 2 is 1.60 bits per heavy atom. The van der Waals surface area contributed by atoms with Crippen LogP contribution in [0, 0.1) is 17.8 Å². The Hall–Kier alpha value is -4.18. The maximum Gasteiger partial charge on any atom is 0.239 e. The molecular formula is C54H76N2O7. The molecule has 6 atom stereocenters. The molecule has 9 nitrogen and oxygen atoms in total. The topological polar surface area (TPSA) is 121 Å². The highest BCUT2D eigenvalue weighted by molar-refractivity contribution is 6.03. The number of aromatic hydroxyl groups is 1. The number of rotatable bonds is 25. The van der Waals surface area contributed by atoms with E-state index in [0.717, 1.165) is 78.1 Å². The molecule has 6 rings (SSSR count). The number of phenolic OH excluding ortho intramolecular Hbond substituents is 1. The molecule has 9 heteroatoms. The number of nitrogens with zero attached hydrogens (tertiary/aromatic N) is 2. The number of amides is 1. The number of fused-ring (bicyclic) bond motifs is 3. The molecule has 3 aromatic carbocycles. The molecule has 1 saturated carbocycles. The van der Waals surface area contributed by atoms with Crippen LogP contribution in [0.4, 0.5) is 0 Å². The summed E-state index contributed by atoms with van der Waals surface area (Å²) in [6.07, 6.45) is 20.0. The molecule has 0 saturated heterocycles. The highest BCUT2D eigenvalue weighted by atomic mass is 16.7. The second-order valence-electron chi connectivity index (χ2n) is 19.2. The second-order valence-corrected chi connectivity index (χ2v) is 19.2. The Labute approximate surface area is 377 Å². The van der Waals surface area contributed by atoms with Crippen LogP contribution in [0.25, 0.3) is 10.8 Å². The Bertz CT molecular complexity index is 2000. The van der Waals surface area contributed by atoms with E-state index in [1.807, 2.05) is 43.9 Å². The number of benzene rings is 3. The van der Waals surface area contributed by atoms with Gasteiger partial charge in [0.25, 0.3) is 0 Å². The van der Waals surface area contributed by atoms with Crippen molar-refractivity contribution in [1.29, 1.82) is 0 Å². The average molecular weight is 865 g/mol. The first-order chi connectivity index (χ1) is 30.5. The lowest BCUT2D eigenvalue weighted by Crippen LogP contribution is -2.70. The van der Waals surface area contributed by atoms with Gasteiger partial charge < -0.3 is 34.5 Å². The van der Waals surface area contributed by atoms with Crippen molar-refractivity contribution in [2.75, 3.05) is 19.8 Å². The van der Waals surface area contributed by atoms with Gasteiger partial charge in [-0.1, -0.05) is 131 Å². The molecule has 3 aliphatic rings. The molecule has 1 amide bonds. The fourth-order valence-electron chi connectivity index (χ4n) is 10.6. The van der Waals surface area contributed by atoms with E-state index in [9.17, 15) is 15.3 Å². The van der Waals surface area contributed by atoms with Crippen LogP contribution in [0.5, 0.6) is 11.5 Å². The van der Waals surface area contributed by atoms with E-state index < -0.39 is 23.3 Å². The Morgan fingerprint density at radius 1 is 0.905 bits per heavy atom. The highest BCUT2D eigenvalue weighted by Crippen LogP contribution is 2.62. The number of aliphatic hydroxyl groups is 2. The molecule has 0 spiro atoms. The summed E-state index contributed by atoms with van der Waals surface area (Å²) in [6.45, 7) is 13.1. The first-order valence-electron chi connectivity index (χ1n) is 24.3. The lowest BCUT2D eigenvalue weighted by atomic mass is 9.55. The number of hydrogen-bond donors (Lipinski definition) is 3. The van der Waals surface area contributed by atoms with Crippen LogP contribution in [-0.2, 0) is 20.9 Å². The summed E-state index contributed by atoms with van der Waals surface area (Å²) in [6, 6.07) is 19.4. The van der Waals surface area contributed by atoms with Crippen molar-refractivity contribution < 1.29 is 34.4 Å². The number of allylic oxidation sites excluding steroid dienone is 1. The molecular weight excluding hydrogens is 789 g/mol. The predicted octanol–water partition coefficient (Wildman–Crippen LogP) is 11.9. The number of oxime groups is 1. The molecule has 1 fully saturated rings. The van der Waals surface area contributed by atoms with E-state index in [1.54, 1.807) is 12.1 Å². The predicted molar refractivity (Wildman–Crippen MR) is 254 cm³/mol. The zero-order chi connectivity index (χ0) is 44.8. The van der Waals surface area contributed by atoms with Crippen LogP contribution in [0.3, 0.4) is 0 Å². The monoisotopic (exact) mass is 865 g/mol. The van der Waals surface area contributed by atoms with E-state index in [-0.39, 0.29) is 49.2 Å². The SMILES string of the molecule is C=CCO[C@@]12Oc3ccc(O)cc3[C@H]3[C@H](CCCCO)[C@@H](CCCCO)C=C(C(=NOC(C)(C)C)C[C@@H]1N(Cc1cccc4ccccc14)C(=O)CCCCCCCCCCC)[C@H]32. The maximum atomic E-state index is 15.3. The van der Waals surface area contributed by atoms with Crippen LogP contribution < -0.4 is 4.74 Å². The normalized spacial score (nSPS) is 23.4. The number of carbonyl (C=O) groups is 1. The molecule has 3 N–H and O–H groups in total. The number of phenols is 1. The molecule has 344 valence electrons. The second kappa shape index (κ2) is 23.1. The largest absolute Gasteiger partial charge is 0.508 e. The van der Waals surface area contributed by atoms with Crippen molar-refractivity contribution in [2.24, 2.45) is 22.9 Å². The lowest BCUT2D eigenvalue weighted by molar-refractivity contribution is -0.258. The fourth-order valence-corrected chi connectivity index (χ4v) is 10.6. The summed E-state index contributed by atoms with van der Waals surface area (Å²) in [5, 5.41) is 38.2. The zero-order valence-corrected chi connectivity index (χ0v) is 38.7. The van der Waals surface area contributed by atoms with Gasteiger partial charge in [0.05, 0.1) is 18.2 Å². The van der Waals surface area contributed by atoms with Crippen molar-refractivity contribution in [3.05, 3.63) is 96.1 Å². The molecule has 1 aliphatic heterocycles. The van der Waals surface area contributed by atoms with Gasteiger partial charge >= 0.3 is 0 Å². The van der Waals surface area contributed by atoms with E-state index in [1.165, 1.54) is 38.5 Å². The van der Waals surface area contributed by atoms with E-state index >= 15 is 4.79 Å². The number of hydrogen-bond acceptors (Lipinski definition) is 8. The van der Waals surface area contributed by atoms with Gasteiger partial charge in [-0.25, -0.2) is 0 Å². The average Bonchev–Trinajstić information content (AvgIpc) is 3.27. The summed E-state index contributed by atoms with van der Waals surface area (Å²) in [5.41, 5.74) is 3.14. The van der Waals surface area contributed by atoms with Gasteiger partial charge in [0.2, 0.25) is 11.7 Å². The van der Waals surface area contributed by atoms with Crippen LogP contribution in [0.1, 0.15) is 154 Å². The Kier molecular flexibility index (Phi) is 17.7. The number of aliphatic hydroxyl groups excluding tert-OH is 2. The highest BCUT2D eigenvalue weighted by Gasteiger charge is 2.65. The van der Waals surface area contributed by atoms with Crippen molar-refractivity contribution >= 4 is 22.4 Å². The number of carbonyl (C=O) groups excluding carboxylic acids is 1. The smallest absolute Gasteiger partial charge is 0.239 e. The maximum absolute atomic E-state index is 15.3. The summed E-state index contributed by atoms with van der Waals surface area (Å²) in [7, 11) is 0. The summed E-state index contributed by atoms with van der Waals surface area (Å²) in [4.78, 5) is 23.7. The fraction of sp³-hybridized carbons (Fsp3) is 0.593. The Balaban J connectivity index is 1.52. The van der Waals surface area contributed by atoms with Crippen molar-refractivity contribution in [1.82, 2.24) is 4.90 Å². The van der Waals surface area contributed by atoms with Crippen LogP contribution in [-0.4, -0.2) is 69.1 Å². The standard InChI is InChI=1S/C54H76N2O7/c1-6-8-9-10-11-12-13-14-15-29-50(60)56(38-41-26-22-25-39-23-16-17-27-43(39)41)49-37-47(55-63-53(3,4)5)45-35-40(24-18-20-32-57)44(28-19-21-33-58)51-46-36-42(59)30-31-48(46)62-54(49,52(45)51)61-34-7-2/h7,16-17,22-23,25-27,30-31,35-36,40,44,49,51-52,57-59H,2,6,8-15,18-21,24,28-29,32-34,37-38H2,1,3-5H3/t40-,44+,49-,51+,52+,54+/m0/s1. The van der Waals surface area contributed by atoms with Gasteiger partial charge in [-0.2, -0.15) is 0 Å². The summed E-state index contributed by atoms with van der Waals surface area (Å²) < 4.78 is 14.6. The summed E-state index contributed by atoms with van der Waals surface area (Å²) >= 11 is 0. The third-order valence-electron chi connectivity index (χ3n) is 13.5. The molecule has 0 radical (unpaired) electrons. The Morgan fingerprint density at radius 3 is 2.32 bits per heavy atom. The van der Waals surface area contributed by atoms with E-state index in [2.05, 4.69) is 56.0 Å². The van der Waals surface area contributed by atoms with Gasteiger partial charge in [0, 0.05) is 44.1 Å². The minimum atomic E-state index is -1.36. The van der Waals surface area contributed by atoms with Gasteiger partial charge in [-0.05, 0) is 105 Å². The van der Waals surface area contributed by atoms with E-state index in [4.69, 9.17) is 19.5 Å². The lowest BCUT2D eigenvalue weighted by Gasteiger charge is -2.60. The molecule has 0 bridgehead atoms.